The van der Waals surface area contributed by atoms with Crippen LogP contribution in [0.3, 0.4) is 0 Å². The third kappa shape index (κ3) is 1.36. The van der Waals surface area contributed by atoms with Crippen LogP contribution in [0, 0.1) is 11.8 Å². The lowest BCUT2D eigenvalue weighted by atomic mass is 10.2. The fourth-order valence-corrected chi connectivity index (χ4v) is 1.23. The molecule has 1 aromatic carbocycles. The maximum Gasteiger partial charge on any atom is 0.104 e. The van der Waals surface area contributed by atoms with Crippen LogP contribution in [-0.2, 0) is 0 Å². The van der Waals surface area contributed by atoms with Gasteiger partial charge in [0.25, 0.3) is 0 Å². The Morgan fingerprint density at radius 1 is 1.15 bits per heavy atom. The summed E-state index contributed by atoms with van der Waals surface area (Å²) >= 11 is 0. The minimum Gasteiger partial charge on any atom is -0.253 e. The fraction of sp³-hybridized carbons (Fsp3) is 0.0909. The van der Waals surface area contributed by atoms with Gasteiger partial charge in [-0.05, 0) is 19.1 Å². The van der Waals surface area contributed by atoms with Crippen molar-refractivity contribution in [1.82, 2.24) is 9.97 Å². The number of hydrogen-bond donors (Lipinski definition) is 0. The molecule has 2 rings (SSSR count). The van der Waals surface area contributed by atoms with E-state index in [1.807, 2.05) is 25.1 Å². The van der Waals surface area contributed by atoms with Crippen molar-refractivity contribution in [2.75, 3.05) is 0 Å². The van der Waals surface area contributed by atoms with E-state index in [4.69, 9.17) is 0 Å². The van der Waals surface area contributed by atoms with Crippen molar-refractivity contribution in [3.63, 3.8) is 0 Å². The van der Waals surface area contributed by atoms with Gasteiger partial charge in [0.15, 0.2) is 0 Å². The number of benzene rings is 1. The molecule has 0 spiro atoms. The highest BCUT2D eigenvalue weighted by Gasteiger charge is 1.97. The van der Waals surface area contributed by atoms with Crippen molar-refractivity contribution in [2.24, 2.45) is 0 Å². The Balaban J connectivity index is 2.80. The van der Waals surface area contributed by atoms with Gasteiger partial charge < -0.3 is 0 Å². The molecule has 62 valence electrons. The van der Waals surface area contributed by atoms with Gasteiger partial charge in [-0.3, -0.25) is 9.97 Å². The Hall–Kier alpha value is -1.88. The van der Waals surface area contributed by atoms with E-state index < -0.39 is 0 Å². The molecule has 0 bridgehead atoms. The van der Waals surface area contributed by atoms with E-state index in [1.165, 1.54) is 0 Å². The number of para-hydroxylation sites is 1. The first-order chi connectivity index (χ1) is 6.42. The monoisotopic (exact) mass is 168 g/mol. The summed E-state index contributed by atoms with van der Waals surface area (Å²) in [5, 5.41) is 0. The molecule has 0 fully saturated rings. The summed E-state index contributed by atoms with van der Waals surface area (Å²) in [6, 6.07) is 5.83. The molecule has 0 amide bonds. The van der Waals surface area contributed by atoms with Crippen LogP contribution in [0.15, 0.2) is 30.6 Å². The molecule has 1 heterocycles. The van der Waals surface area contributed by atoms with Crippen LogP contribution in [-0.4, -0.2) is 9.97 Å². The van der Waals surface area contributed by atoms with Crippen molar-refractivity contribution >= 4 is 11.0 Å². The van der Waals surface area contributed by atoms with E-state index in [2.05, 4.69) is 21.8 Å². The van der Waals surface area contributed by atoms with Gasteiger partial charge in [0, 0.05) is 12.4 Å². The molecule has 0 saturated carbocycles. The summed E-state index contributed by atoms with van der Waals surface area (Å²) in [5.74, 6) is 5.86. The van der Waals surface area contributed by atoms with Gasteiger partial charge >= 0.3 is 0 Å². The fourth-order valence-electron chi connectivity index (χ4n) is 1.23. The zero-order valence-electron chi connectivity index (χ0n) is 7.28. The number of aromatic nitrogens is 2. The molecule has 0 aliphatic heterocycles. The smallest absolute Gasteiger partial charge is 0.104 e. The normalized spacial score (nSPS) is 9.31. The van der Waals surface area contributed by atoms with Crippen LogP contribution in [0.4, 0.5) is 0 Å². The highest BCUT2D eigenvalue weighted by Crippen LogP contribution is 2.11. The molecule has 0 aliphatic carbocycles. The Morgan fingerprint density at radius 3 is 2.85 bits per heavy atom. The van der Waals surface area contributed by atoms with Crippen LogP contribution < -0.4 is 0 Å². The van der Waals surface area contributed by atoms with Crippen LogP contribution in [0.5, 0.6) is 0 Å². The molecular formula is C11H8N2. The lowest BCUT2D eigenvalue weighted by Gasteiger charge is -1.96. The zero-order chi connectivity index (χ0) is 9.10. The summed E-state index contributed by atoms with van der Waals surface area (Å²) in [6.45, 7) is 1.81. The highest BCUT2D eigenvalue weighted by atomic mass is 14.8. The lowest BCUT2D eigenvalue weighted by molar-refractivity contribution is 1.29. The zero-order valence-corrected chi connectivity index (χ0v) is 7.28. The summed E-state index contributed by atoms with van der Waals surface area (Å²) < 4.78 is 0. The minimum absolute atomic E-state index is 0.874. The molecule has 0 saturated heterocycles. The molecule has 0 unspecified atom stereocenters. The van der Waals surface area contributed by atoms with Gasteiger partial charge in [-0.15, -0.1) is 5.92 Å². The minimum atomic E-state index is 0.874. The maximum absolute atomic E-state index is 4.23. The predicted octanol–water partition coefficient (Wildman–Crippen LogP) is 2.00. The average Bonchev–Trinajstić information content (AvgIpc) is 2.19. The SMILES string of the molecule is CC#Cc1cccc2nccnc12. The Bertz CT molecular complexity index is 487. The quantitative estimate of drug-likeness (QED) is 0.562. The number of nitrogens with zero attached hydrogens (tertiary/aromatic N) is 2. The molecule has 0 N–H and O–H groups in total. The van der Waals surface area contributed by atoms with Gasteiger partial charge in [-0.1, -0.05) is 12.0 Å². The van der Waals surface area contributed by atoms with Crippen molar-refractivity contribution in [1.29, 1.82) is 0 Å². The molecule has 0 atom stereocenters. The first-order valence-corrected chi connectivity index (χ1v) is 4.04. The molecule has 1 aromatic heterocycles. The summed E-state index contributed by atoms with van der Waals surface area (Å²) in [4.78, 5) is 8.43. The molecule has 2 aromatic rings. The molecule has 13 heavy (non-hydrogen) atoms. The van der Waals surface area contributed by atoms with Gasteiger partial charge in [0.2, 0.25) is 0 Å². The predicted molar refractivity (Wildman–Crippen MR) is 52.1 cm³/mol. The average molecular weight is 168 g/mol. The lowest BCUT2D eigenvalue weighted by Crippen LogP contribution is -1.85. The largest absolute Gasteiger partial charge is 0.253 e. The van der Waals surface area contributed by atoms with Gasteiger partial charge in [-0.2, -0.15) is 0 Å². The maximum atomic E-state index is 4.23. The molecule has 2 heteroatoms. The first kappa shape index (κ1) is 7.75. The van der Waals surface area contributed by atoms with Crippen molar-refractivity contribution in [3.8, 4) is 11.8 Å². The summed E-state index contributed by atoms with van der Waals surface area (Å²) in [7, 11) is 0. The third-order valence-corrected chi connectivity index (χ3v) is 1.76. The first-order valence-electron chi connectivity index (χ1n) is 4.04. The molecule has 0 aliphatic rings. The summed E-state index contributed by atoms with van der Waals surface area (Å²) in [6.07, 6.45) is 3.37. The summed E-state index contributed by atoms with van der Waals surface area (Å²) in [5.41, 5.74) is 2.70. The van der Waals surface area contributed by atoms with Crippen molar-refractivity contribution < 1.29 is 0 Å². The van der Waals surface area contributed by atoms with Crippen molar-refractivity contribution in [3.05, 3.63) is 36.2 Å². The van der Waals surface area contributed by atoms with E-state index >= 15 is 0 Å². The highest BCUT2D eigenvalue weighted by molar-refractivity contribution is 5.80. The van der Waals surface area contributed by atoms with E-state index in [-0.39, 0.29) is 0 Å². The van der Waals surface area contributed by atoms with Crippen molar-refractivity contribution in [2.45, 2.75) is 6.92 Å². The topological polar surface area (TPSA) is 25.8 Å². The second-order valence-corrected chi connectivity index (χ2v) is 2.60. The van der Waals surface area contributed by atoms with E-state index in [1.54, 1.807) is 12.4 Å². The number of fused-ring (bicyclic) bond motifs is 1. The van der Waals surface area contributed by atoms with Crippen LogP contribution in [0.2, 0.25) is 0 Å². The second kappa shape index (κ2) is 3.24. The van der Waals surface area contributed by atoms with Gasteiger partial charge in [0.05, 0.1) is 11.1 Å². The Labute approximate surface area is 76.6 Å². The van der Waals surface area contributed by atoms with Crippen LogP contribution >= 0.6 is 0 Å². The molecule has 2 nitrogen and oxygen atoms in total. The Kier molecular flexibility index (Phi) is 1.93. The Morgan fingerprint density at radius 2 is 2.00 bits per heavy atom. The van der Waals surface area contributed by atoms with Gasteiger partial charge in [0.1, 0.15) is 5.52 Å². The van der Waals surface area contributed by atoms with Crippen LogP contribution in [0.1, 0.15) is 12.5 Å². The standard InChI is InChI=1S/C11H8N2/c1-2-4-9-5-3-6-10-11(9)13-8-7-12-10/h3,5-8H,1H3. The molecular weight excluding hydrogens is 160 g/mol. The number of rotatable bonds is 0. The van der Waals surface area contributed by atoms with Crippen LogP contribution in [0.25, 0.3) is 11.0 Å². The van der Waals surface area contributed by atoms with E-state index in [0.717, 1.165) is 16.6 Å². The van der Waals surface area contributed by atoms with E-state index in [9.17, 15) is 0 Å². The number of hydrogen-bond acceptors (Lipinski definition) is 2. The molecule has 0 radical (unpaired) electrons. The second-order valence-electron chi connectivity index (χ2n) is 2.60. The van der Waals surface area contributed by atoms with E-state index in [0.29, 0.717) is 0 Å². The van der Waals surface area contributed by atoms with Gasteiger partial charge in [-0.25, -0.2) is 0 Å². The third-order valence-electron chi connectivity index (χ3n) is 1.76.